The summed E-state index contributed by atoms with van der Waals surface area (Å²) in [6.45, 7) is 0.740. The molecule has 1 amide bonds. The zero-order valence-corrected chi connectivity index (χ0v) is 20.6. The Balaban J connectivity index is 1.12. The van der Waals surface area contributed by atoms with E-state index in [4.69, 9.17) is 25.5 Å². The Morgan fingerprint density at radius 2 is 1.78 bits per heavy atom. The lowest BCUT2D eigenvalue weighted by Crippen LogP contribution is -2.33. The monoisotopic (exact) mass is 509 g/mol. The molecule has 0 bridgehead atoms. The zero-order valence-electron chi connectivity index (χ0n) is 19.9. The minimum Gasteiger partial charge on any atom is -0.445 e. The molecule has 5 rings (SSSR count). The quantitative estimate of drug-likeness (QED) is 0.265. The van der Waals surface area contributed by atoms with E-state index in [9.17, 15) is 14.4 Å². The topological polar surface area (TPSA) is 94.8 Å². The lowest BCUT2D eigenvalue weighted by Gasteiger charge is -2.27. The van der Waals surface area contributed by atoms with Crippen LogP contribution in [-0.4, -0.2) is 18.6 Å². The van der Waals surface area contributed by atoms with Gasteiger partial charge in [0, 0.05) is 23.6 Å². The van der Waals surface area contributed by atoms with Gasteiger partial charge in [0.2, 0.25) is 0 Å². The maximum absolute atomic E-state index is 12.8. The van der Waals surface area contributed by atoms with E-state index in [2.05, 4.69) is 5.32 Å². The van der Waals surface area contributed by atoms with Gasteiger partial charge in [0.25, 0.3) is 0 Å². The molecule has 188 valence electrons. The van der Waals surface area contributed by atoms with Gasteiger partial charge in [0.15, 0.2) is 5.75 Å². The number of halogens is 1. The number of aryl methyl sites for hydroxylation is 1. The number of nitrogens with one attached hydrogen (secondary N) is 1. The molecule has 7 nitrogen and oxygen atoms in total. The van der Waals surface area contributed by atoms with Crippen LogP contribution in [0.15, 0.2) is 51.7 Å². The first-order valence-corrected chi connectivity index (χ1v) is 12.8. The van der Waals surface area contributed by atoms with Crippen molar-refractivity contribution in [3.05, 3.63) is 74.6 Å². The number of carbonyl (C=O) groups excluding carboxylic acids is 2. The van der Waals surface area contributed by atoms with Crippen molar-refractivity contribution in [2.75, 3.05) is 6.54 Å². The van der Waals surface area contributed by atoms with Crippen LogP contribution in [0.5, 0.6) is 5.75 Å². The summed E-state index contributed by atoms with van der Waals surface area (Å²) >= 11 is 6.44. The minimum atomic E-state index is -0.441. The second kappa shape index (κ2) is 10.7. The number of carbonyl (C=O) groups is 2. The zero-order chi connectivity index (χ0) is 25.1. The number of ether oxygens (including phenoxy) is 2. The van der Waals surface area contributed by atoms with Crippen molar-refractivity contribution in [3.63, 3.8) is 0 Å². The Labute approximate surface area is 213 Å². The Morgan fingerprint density at radius 3 is 2.56 bits per heavy atom. The van der Waals surface area contributed by atoms with Crippen LogP contribution in [0.4, 0.5) is 4.79 Å². The molecule has 0 radical (unpaired) electrons. The third-order valence-corrected chi connectivity index (χ3v) is 7.46. The van der Waals surface area contributed by atoms with Crippen LogP contribution in [-0.2, 0) is 29.0 Å². The van der Waals surface area contributed by atoms with E-state index in [0.29, 0.717) is 30.0 Å². The molecule has 1 fully saturated rings. The highest BCUT2D eigenvalue weighted by molar-refractivity contribution is 6.33. The summed E-state index contributed by atoms with van der Waals surface area (Å²) in [6.07, 6.45) is 4.93. The van der Waals surface area contributed by atoms with E-state index < -0.39 is 6.09 Å². The SMILES string of the molecule is O=C(NCC1CCC(C(=O)Oc2cc3oc(=O)c4c(c3cc2Cl)CCC4)CC1)OCc1ccccc1. The second-order valence-electron chi connectivity index (χ2n) is 9.56. The second-order valence-corrected chi connectivity index (χ2v) is 9.97. The van der Waals surface area contributed by atoms with E-state index in [0.717, 1.165) is 54.2 Å². The normalized spacial score (nSPS) is 19.0. The number of hydrogen-bond donors (Lipinski definition) is 1. The highest BCUT2D eigenvalue weighted by Crippen LogP contribution is 2.36. The van der Waals surface area contributed by atoms with Crippen LogP contribution in [0.2, 0.25) is 5.02 Å². The van der Waals surface area contributed by atoms with Gasteiger partial charge in [-0.25, -0.2) is 9.59 Å². The summed E-state index contributed by atoms with van der Waals surface area (Å²) in [5.41, 5.74) is 2.70. The van der Waals surface area contributed by atoms with Gasteiger partial charge < -0.3 is 19.2 Å². The lowest BCUT2D eigenvalue weighted by molar-refractivity contribution is -0.140. The molecule has 3 aromatic rings. The molecule has 2 aliphatic carbocycles. The fourth-order valence-electron chi connectivity index (χ4n) is 5.16. The first-order valence-electron chi connectivity index (χ1n) is 12.4. The average molecular weight is 510 g/mol. The van der Waals surface area contributed by atoms with E-state index in [1.807, 2.05) is 30.3 Å². The summed E-state index contributed by atoms with van der Waals surface area (Å²) in [7, 11) is 0. The molecule has 2 aliphatic rings. The van der Waals surface area contributed by atoms with Gasteiger partial charge in [-0.1, -0.05) is 41.9 Å². The molecule has 1 saturated carbocycles. The molecular formula is C28H28ClNO6. The molecule has 1 N–H and O–H groups in total. The van der Waals surface area contributed by atoms with Crippen molar-refractivity contribution in [1.82, 2.24) is 5.32 Å². The van der Waals surface area contributed by atoms with Crippen LogP contribution in [0.1, 0.15) is 48.8 Å². The largest absolute Gasteiger partial charge is 0.445 e. The maximum atomic E-state index is 12.8. The molecule has 0 aliphatic heterocycles. The van der Waals surface area contributed by atoms with Gasteiger partial charge in [-0.2, -0.15) is 0 Å². The Bertz CT molecular complexity index is 1330. The molecule has 0 atom stereocenters. The molecule has 1 heterocycles. The average Bonchev–Trinajstić information content (AvgIpc) is 3.39. The predicted octanol–water partition coefficient (Wildman–Crippen LogP) is 5.57. The van der Waals surface area contributed by atoms with E-state index >= 15 is 0 Å². The molecule has 0 spiro atoms. The summed E-state index contributed by atoms with van der Waals surface area (Å²) < 4.78 is 16.4. The number of rotatable bonds is 6. The fourth-order valence-corrected chi connectivity index (χ4v) is 5.36. The number of fused-ring (bicyclic) bond motifs is 3. The first-order chi connectivity index (χ1) is 17.5. The minimum absolute atomic E-state index is 0.209. The predicted molar refractivity (Wildman–Crippen MR) is 135 cm³/mol. The van der Waals surface area contributed by atoms with Gasteiger partial charge in [-0.15, -0.1) is 0 Å². The lowest BCUT2D eigenvalue weighted by atomic mass is 9.82. The van der Waals surface area contributed by atoms with E-state index in [1.54, 1.807) is 12.1 Å². The Hall–Kier alpha value is -3.32. The summed E-state index contributed by atoms with van der Waals surface area (Å²) in [5, 5.41) is 3.95. The number of benzene rings is 2. The smallest absolute Gasteiger partial charge is 0.407 e. The van der Waals surface area contributed by atoms with Gasteiger partial charge in [-0.05, 0) is 68.1 Å². The maximum Gasteiger partial charge on any atom is 0.407 e. The van der Waals surface area contributed by atoms with Gasteiger partial charge in [-0.3, -0.25) is 4.79 Å². The molecule has 36 heavy (non-hydrogen) atoms. The van der Waals surface area contributed by atoms with Crippen molar-refractivity contribution in [2.45, 2.75) is 51.6 Å². The van der Waals surface area contributed by atoms with Crippen LogP contribution in [0, 0.1) is 11.8 Å². The number of hydrogen-bond acceptors (Lipinski definition) is 6. The molecule has 1 aromatic heterocycles. The van der Waals surface area contributed by atoms with Crippen molar-refractivity contribution in [1.29, 1.82) is 0 Å². The van der Waals surface area contributed by atoms with Gasteiger partial charge in [0.1, 0.15) is 12.2 Å². The highest BCUT2D eigenvalue weighted by atomic mass is 35.5. The van der Waals surface area contributed by atoms with Crippen LogP contribution >= 0.6 is 11.6 Å². The third kappa shape index (κ3) is 5.41. The molecule has 0 unspecified atom stereocenters. The van der Waals surface area contributed by atoms with E-state index in [-0.39, 0.29) is 35.8 Å². The summed E-state index contributed by atoms with van der Waals surface area (Å²) in [6, 6.07) is 12.8. The molecule has 0 saturated heterocycles. The molecule has 8 heteroatoms. The highest BCUT2D eigenvalue weighted by Gasteiger charge is 2.29. The number of esters is 1. The van der Waals surface area contributed by atoms with Crippen LogP contribution in [0.25, 0.3) is 11.0 Å². The van der Waals surface area contributed by atoms with E-state index in [1.165, 1.54) is 0 Å². The third-order valence-electron chi connectivity index (χ3n) is 7.16. The molecular weight excluding hydrogens is 482 g/mol. The van der Waals surface area contributed by atoms with Crippen LogP contribution in [0.3, 0.4) is 0 Å². The van der Waals surface area contributed by atoms with Gasteiger partial charge in [0.05, 0.1) is 10.9 Å². The standard InChI is InChI=1S/C28H28ClNO6/c29-23-13-22-20-7-4-8-21(20)27(32)35-24(22)14-25(23)36-26(31)19-11-9-17(10-12-19)15-30-28(33)34-16-18-5-2-1-3-6-18/h1-3,5-6,13-14,17,19H,4,7-12,15-16H2,(H,30,33). The van der Waals surface area contributed by atoms with Crippen LogP contribution < -0.4 is 15.7 Å². The number of amides is 1. The van der Waals surface area contributed by atoms with Crippen molar-refractivity contribution in [2.24, 2.45) is 11.8 Å². The number of alkyl carbamates (subject to hydrolysis) is 1. The first kappa shape index (κ1) is 24.4. The fraction of sp³-hybridized carbons (Fsp3) is 0.393. The van der Waals surface area contributed by atoms with Crippen molar-refractivity contribution in [3.8, 4) is 5.75 Å². The Kier molecular flexibility index (Phi) is 7.28. The Morgan fingerprint density at radius 1 is 1.03 bits per heavy atom. The summed E-state index contributed by atoms with van der Waals surface area (Å²) in [4.78, 5) is 37.1. The molecule has 2 aromatic carbocycles. The van der Waals surface area contributed by atoms with Crippen molar-refractivity contribution >= 4 is 34.6 Å². The van der Waals surface area contributed by atoms with Crippen molar-refractivity contribution < 1.29 is 23.5 Å². The van der Waals surface area contributed by atoms with Gasteiger partial charge >= 0.3 is 17.7 Å². The summed E-state index contributed by atoms with van der Waals surface area (Å²) in [5.74, 6) is -0.0994.